The highest BCUT2D eigenvalue weighted by Crippen LogP contribution is 2.20. The summed E-state index contributed by atoms with van der Waals surface area (Å²) in [5.41, 5.74) is 10.2. The second-order valence-corrected chi connectivity index (χ2v) is 8.43. The summed E-state index contributed by atoms with van der Waals surface area (Å²) in [6, 6.07) is -1.64. The van der Waals surface area contributed by atoms with Gasteiger partial charge in [0.25, 0.3) is 0 Å². The third kappa shape index (κ3) is 11.5. The van der Waals surface area contributed by atoms with Gasteiger partial charge in [0.15, 0.2) is 0 Å². The van der Waals surface area contributed by atoms with Crippen LogP contribution in [0, 0.1) is 5.41 Å². The third-order valence-electron chi connectivity index (χ3n) is 3.94. The minimum atomic E-state index is -1.34. The Morgan fingerprint density at radius 2 is 1.38 bits per heavy atom. The van der Waals surface area contributed by atoms with Crippen molar-refractivity contribution in [3.05, 3.63) is 12.7 Å². The van der Waals surface area contributed by atoms with E-state index in [0.717, 1.165) is 6.08 Å². The number of esters is 3. The standard InChI is InChI=1S/C18H32N2O7S2/c1-4-15(22)25-10-18(9-21,11-26-16(23)13(19)5-7-28-2)12-27-17(24)14(20)6-8-29-3/h4,13-14,21H,1,5-12,19-20H2,2-3H3/t13-,14-/m0/s1. The molecule has 0 aliphatic rings. The topological polar surface area (TPSA) is 151 Å². The molecule has 0 aromatic heterocycles. The summed E-state index contributed by atoms with van der Waals surface area (Å²) in [7, 11) is 0. The van der Waals surface area contributed by atoms with E-state index in [0.29, 0.717) is 24.3 Å². The first-order valence-electron chi connectivity index (χ1n) is 8.97. The number of thioether (sulfide) groups is 2. The van der Waals surface area contributed by atoms with E-state index in [9.17, 15) is 19.5 Å². The number of rotatable bonds is 16. The normalized spacial score (nSPS) is 13.3. The number of carbonyl (C=O) groups is 3. The van der Waals surface area contributed by atoms with Crippen molar-refractivity contribution >= 4 is 41.4 Å². The van der Waals surface area contributed by atoms with Crippen LogP contribution in [0.4, 0.5) is 0 Å². The van der Waals surface area contributed by atoms with Crippen LogP contribution in [0.3, 0.4) is 0 Å². The predicted octanol–water partition coefficient (Wildman–Crippen LogP) is -0.0585. The molecule has 9 nitrogen and oxygen atoms in total. The smallest absolute Gasteiger partial charge is 0.330 e. The fourth-order valence-electron chi connectivity index (χ4n) is 1.93. The Morgan fingerprint density at radius 3 is 1.72 bits per heavy atom. The van der Waals surface area contributed by atoms with Crippen molar-refractivity contribution < 1.29 is 33.7 Å². The minimum Gasteiger partial charge on any atom is -0.464 e. The Bertz CT molecular complexity index is 504. The van der Waals surface area contributed by atoms with E-state index in [1.54, 1.807) is 23.5 Å². The molecule has 0 amide bonds. The van der Waals surface area contributed by atoms with Crippen molar-refractivity contribution in [2.45, 2.75) is 24.9 Å². The van der Waals surface area contributed by atoms with Crippen LogP contribution in [0.15, 0.2) is 12.7 Å². The lowest BCUT2D eigenvalue weighted by Crippen LogP contribution is -2.45. The van der Waals surface area contributed by atoms with Gasteiger partial charge in [0.2, 0.25) is 0 Å². The van der Waals surface area contributed by atoms with Crippen LogP contribution < -0.4 is 11.5 Å². The van der Waals surface area contributed by atoms with Crippen molar-refractivity contribution in [2.75, 3.05) is 50.4 Å². The second-order valence-electron chi connectivity index (χ2n) is 6.46. The van der Waals surface area contributed by atoms with E-state index in [-0.39, 0.29) is 19.8 Å². The monoisotopic (exact) mass is 452 g/mol. The van der Waals surface area contributed by atoms with Gasteiger partial charge in [-0.3, -0.25) is 9.59 Å². The zero-order valence-corrected chi connectivity index (χ0v) is 18.6. The molecule has 0 radical (unpaired) electrons. The predicted molar refractivity (Wildman–Crippen MR) is 115 cm³/mol. The van der Waals surface area contributed by atoms with E-state index in [1.165, 1.54) is 0 Å². The summed E-state index contributed by atoms with van der Waals surface area (Å²) in [5.74, 6) is -0.674. The molecular weight excluding hydrogens is 420 g/mol. The summed E-state index contributed by atoms with van der Waals surface area (Å²) >= 11 is 3.09. The molecule has 0 unspecified atom stereocenters. The quantitative estimate of drug-likeness (QED) is 0.164. The first kappa shape index (κ1) is 27.7. The number of nitrogens with two attached hydrogens (primary N) is 2. The lowest BCUT2D eigenvalue weighted by atomic mass is 9.92. The van der Waals surface area contributed by atoms with Gasteiger partial charge >= 0.3 is 17.9 Å². The molecule has 2 atom stereocenters. The molecule has 0 aliphatic carbocycles. The van der Waals surface area contributed by atoms with Gasteiger partial charge in [0.1, 0.15) is 31.9 Å². The molecule has 0 heterocycles. The van der Waals surface area contributed by atoms with E-state index in [1.807, 2.05) is 12.5 Å². The molecule has 0 rings (SSSR count). The number of aliphatic hydroxyl groups excluding tert-OH is 1. The highest BCUT2D eigenvalue weighted by atomic mass is 32.2. The van der Waals surface area contributed by atoms with Crippen LogP contribution in [-0.4, -0.2) is 85.5 Å². The van der Waals surface area contributed by atoms with Crippen molar-refractivity contribution in [1.82, 2.24) is 0 Å². The SMILES string of the molecule is C=CC(=O)OCC(CO)(COC(=O)[C@@H](N)CCSC)COC(=O)[C@@H](N)CCSC. The average Bonchev–Trinajstić information content (AvgIpc) is 2.74. The summed E-state index contributed by atoms with van der Waals surface area (Å²) in [6.07, 6.45) is 5.59. The Kier molecular flexibility index (Phi) is 14.9. The fraction of sp³-hybridized carbons (Fsp3) is 0.722. The molecule has 11 heteroatoms. The molecule has 0 aromatic rings. The fourth-order valence-corrected chi connectivity index (χ4v) is 2.91. The Balaban J connectivity index is 5.03. The van der Waals surface area contributed by atoms with Crippen LogP contribution in [-0.2, 0) is 28.6 Å². The molecule has 0 aromatic carbocycles. The average molecular weight is 453 g/mol. The lowest BCUT2D eigenvalue weighted by Gasteiger charge is -2.30. The summed E-state index contributed by atoms with van der Waals surface area (Å²) < 4.78 is 15.4. The molecule has 0 saturated carbocycles. The molecule has 0 bridgehead atoms. The van der Waals surface area contributed by atoms with Gasteiger partial charge in [-0.2, -0.15) is 23.5 Å². The van der Waals surface area contributed by atoms with Gasteiger partial charge < -0.3 is 30.8 Å². The Hall–Kier alpha value is -1.27. The zero-order chi connectivity index (χ0) is 22.3. The molecule has 0 aliphatic heterocycles. The summed E-state index contributed by atoms with van der Waals surface area (Å²) in [5, 5.41) is 9.88. The lowest BCUT2D eigenvalue weighted by molar-refractivity contribution is -0.164. The number of aliphatic hydroxyl groups is 1. The Morgan fingerprint density at radius 1 is 0.966 bits per heavy atom. The highest BCUT2D eigenvalue weighted by molar-refractivity contribution is 7.98. The van der Waals surface area contributed by atoms with Crippen LogP contribution in [0.5, 0.6) is 0 Å². The number of ether oxygens (including phenoxy) is 3. The largest absolute Gasteiger partial charge is 0.464 e. The van der Waals surface area contributed by atoms with Crippen molar-refractivity contribution in [3.63, 3.8) is 0 Å². The highest BCUT2D eigenvalue weighted by Gasteiger charge is 2.36. The third-order valence-corrected chi connectivity index (χ3v) is 5.22. The van der Waals surface area contributed by atoms with E-state index < -0.39 is 42.0 Å². The molecule has 29 heavy (non-hydrogen) atoms. The second kappa shape index (κ2) is 15.6. The maximum absolute atomic E-state index is 12.1. The minimum absolute atomic E-state index is 0.352. The molecule has 0 fully saturated rings. The maximum atomic E-state index is 12.1. The Labute approximate surface area is 180 Å². The number of carbonyl (C=O) groups excluding carboxylic acids is 3. The van der Waals surface area contributed by atoms with Gasteiger partial charge in [-0.05, 0) is 36.9 Å². The number of hydrogen-bond donors (Lipinski definition) is 3. The van der Waals surface area contributed by atoms with Crippen LogP contribution in [0.2, 0.25) is 0 Å². The summed E-state index contributed by atoms with van der Waals surface area (Å²) in [4.78, 5) is 35.6. The van der Waals surface area contributed by atoms with E-state index in [2.05, 4.69) is 6.58 Å². The van der Waals surface area contributed by atoms with Crippen molar-refractivity contribution in [3.8, 4) is 0 Å². The number of hydrogen-bond acceptors (Lipinski definition) is 11. The van der Waals surface area contributed by atoms with Crippen LogP contribution in [0.1, 0.15) is 12.8 Å². The zero-order valence-electron chi connectivity index (χ0n) is 17.0. The van der Waals surface area contributed by atoms with Crippen LogP contribution >= 0.6 is 23.5 Å². The first-order chi connectivity index (χ1) is 13.7. The van der Waals surface area contributed by atoms with Gasteiger partial charge in [-0.25, -0.2) is 4.79 Å². The van der Waals surface area contributed by atoms with E-state index >= 15 is 0 Å². The first-order valence-corrected chi connectivity index (χ1v) is 11.8. The van der Waals surface area contributed by atoms with Crippen molar-refractivity contribution in [2.24, 2.45) is 16.9 Å². The molecule has 0 spiro atoms. The maximum Gasteiger partial charge on any atom is 0.330 e. The van der Waals surface area contributed by atoms with Gasteiger partial charge in [0.05, 0.1) is 12.0 Å². The molecule has 5 N–H and O–H groups in total. The molecule has 168 valence electrons. The van der Waals surface area contributed by atoms with Crippen molar-refractivity contribution in [1.29, 1.82) is 0 Å². The van der Waals surface area contributed by atoms with Gasteiger partial charge in [-0.1, -0.05) is 6.58 Å². The van der Waals surface area contributed by atoms with Gasteiger partial charge in [0, 0.05) is 6.08 Å². The summed E-state index contributed by atoms with van der Waals surface area (Å²) in [6.45, 7) is 1.66. The van der Waals surface area contributed by atoms with Crippen LogP contribution in [0.25, 0.3) is 0 Å². The van der Waals surface area contributed by atoms with E-state index in [4.69, 9.17) is 25.7 Å². The van der Waals surface area contributed by atoms with Gasteiger partial charge in [-0.15, -0.1) is 0 Å². The molecule has 0 saturated heterocycles. The molecular formula is C18H32N2O7S2.